The van der Waals surface area contributed by atoms with E-state index >= 15 is 0 Å². The Bertz CT molecular complexity index is 467. The summed E-state index contributed by atoms with van der Waals surface area (Å²) in [6.07, 6.45) is 5.04. The quantitative estimate of drug-likeness (QED) is 0.741. The van der Waals surface area contributed by atoms with Crippen LogP contribution in [0.3, 0.4) is 0 Å². The standard InChI is InChI=1S/C14H15NO3S/c1-2-6-12(14(17)18)15-13(16)10-19-9-11-7-4-3-5-8-11/h1,3-5,7-8,12H,6,9-10H2,(H,15,16)(H,17,18). The lowest BCUT2D eigenvalue weighted by molar-refractivity contribution is -0.141. The molecule has 1 aromatic carbocycles. The average Bonchev–Trinajstić information content (AvgIpc) is 2.39. The Labute approximate surface area is 116 Å². The highest BCUT2D eigenvalue weighted by Crippen LogP contribution is 2.11. The lowest BCUT2D eigenvalue weighted by atomic mass is 10.2. The van der Waals surface area contributed by atoms with E-state index in [0.29, 0.717) is 5.75 Å². The molecule has 1 atom stereocenters. The van der Waals surface area contributed by atoms with Crippen molar-refractivity contribution in [3.8, 4) is 12.3 Å². The highest BCUT2D eigenvalue weighted by Gasteiger charge is 2.18. The van der Waals surface area contributed by atoms with Crippen LogP contribution < -0.4 is 5.32 Å². The summed E-state index contributed by atoms with van der Waals surface area (Å²) in [7, 11) is 0. The van der Waals surface area contributed by atoms with Gasteiger partial charge in [-0.3, -0.25) is 4.79 Å². The van der Waals surface area contributed by atoms with E-state index in [1.54, 1.807) is 0 Å². The van der Waals surface area contributed by atoms with E-state index < -0.39 is 12.0 Å². The first-order chi connectivity index (χ1) is 9.13. The van der Waals surface area contributed by atoms with Crippen molar-refractivity contribution >= 4 is 23.6 Å². The van der Waals surface area contributed by atoms with Crippen molar-refractivity contribution in [3.63, 3.8) is 0 Å². The van der Waals surface area contributed by atoms with E-state index in [9.17, 15) is 9.59 Å². The highest BCUT2D eigenvalue weighted by molar-refractivity contribution is 7.99. The van der Waals surface area contributed by atoms with Gasteiger partial charge in [-0.05, 0) is 5.56 Å². The second-order valence-electron chi connectivity index (χ2n) is 3.84. The van der Waals surface area contributed by atoms with Gasteiger partial charge in [-0.2, -0.15) is 0 Å². The molecule has 0 aliphatic heterocycles. The fourth-order valence-corrected chi connectivity index (χ4v) is 2.19. The van der Waals surface area contributed by atoms with Crippen LogP contribution in [-0.2, 0) is 15.3 Å². The number of carboxylic acid groups (broad SMARTS) is 1. The first-order valence-electron chi connectivity index (χ1n) is 5.70. The largest absolute Gasteiger partial charge is 0.480 e. The van der Waals surface area contributed by atoms with Crippen LogP contribution in [0.1, 0.15) is 12.0 Å². The molecule has 1 unspecified atom stereocenters. The SMILES string of the molecule is C#CCC(NC(=O)CSCc1ccccc1)C(=O)O. The molecule has 0 heterocycles. The van der Waals surface area contributed by atoms with Gasteiger partial charge in [0.05, 0.1) is 5.75 Å². The van der Waals surface area contributed by atoms with Crippen molar-refractivity contribution in [1.82, 2.24) is 5.32 Å². The topological polar surface area (TPSA) is 66.4 Å². The Kier molecular flexibility index (Phi) is 6.55. The Morgan fingerprint density at radius 2 is 2.05 bits per heavy atom. The molecule has 1 rings (SSSR count). The Hall–Kier alpha value is -1.93. The summed E-state index contributed by atoms with van der Waals surface area (Å²) >= 11 is 1.43. The monoisotopic (exact) mass is 277 g/mol. The van der Waals surface area contributed by atoms with Gasteiger partial charge in [-0.15, -0.1) is 24.1 Å². The van der Waals surface area contributed by atoms with Crippen LogP contribution in [-0.4, -0.2) is 28.8 Å². The van der Waals surface area contributed by atoms with Gasteiger partial charge in [-0.25, -0.2) is 4.79 Å². The van der Waals surface area contributed by atoms with Crippen LogP contribution in [0.15, 0.2) is 30.3 Å². The van der Waals surface area contributed by atoms with Gasteiger partial charge in [0, 0.05) is 12.2 Å². The predicted molar refractivity (Wildman–Crippen MR) is 75.6 cm³/mol. The number of benzene rings is 1. The molecule has 0 saturated carbocycles. The van der Waals surface area contributed by atoms with E-state index in [4.69, 9.17) is 11.5 Å². The maximum absolute atomic E-state index is 11.6. The zero-order valence-electron chi connectivity index (χ0n) is 10.3. The van der Waals surface area contributed by atoms with Crippen molar-refractivity contribution in [2.45, 2.75) is 18.2 Å². The second-order valence-corrected chi connectivity index (χ2v) is 4.83. The number of carbonyl (C=O) groups excluding carboxylic acids is 1. The zero-order chi connectivity index (χ0) is 14.1. The van der Waals surface area contributed by atoms with E-state index in [2.05, 4.69) is 11.2 Å². The number of aliphatic carboxylic acids is 1. The fourth-order valence-electron chi connectivity index (χ4n) is 1.39. The summed E-state index contributed by atoms with van der Waals surface area (Å²) in [4.78, 5) is 22.4. The number of amides is 1. The lowest BCUT2D eigenvalue weighted by Gasteiger charge is -2.11. The number of carbonyl (C=O) groups is 2. The van der Waals surface area contributed by atoms with E-state index in [1.807, 2.05) is 30.3 Å². The van der Waals surface area contributed by atoms with Gasteiger partial charge in [0.15, 0.2) is 0 Å². The number of thioether (sulfide) groups is 1. The minimum atomic E-state index is -1.11. The number of hydrogen-bond acceptors (Lipinski definition) is 3. The van der Waals surface area contributed by atoms with E-state index in [-0.39, 0.29) is 18.1 Å². The molecule has 19 heavy (non-hydrogen) atoms. The number of nitrogens with one attached hydrogen (secondary N) is 1. The molecular weight excluding hydrogens is 262 g/mol. The minimum absolute atomic E-state index is 0.00950. The number of hydrogen-bond donors (Lipinski definition) is 2. The highest BCUT2D eigenvalue weighted by atomic mass is 32.2. The maximum atomic E-state index is 11.6. The first-order valence-corrected chi connectivity index (χ1v) is 6.86. The van der Waals surface area contributed by atoms with Crippen LogP contribution in [0, 0.1) is 12.3 Å². The number of terminal acetylenes is 1. The fraction of sp³-hybridized carbons (Fsp3) is 0.286. The summed E-state index contributed by atoms with van der Waals surface area (Å²) in [5, 5.41) is 11.2. The number of rotatable bonds is 7. The third-order valence-corrected chi connectivity index (χ3v) is 3.30. The molecule has 100 valence electrons. The molecular formula is C14H15NO3S. The third kappa shape index (κ3) is 5.98. The Morgan fingerprint density at radius 3 is 2.63 bits per heavy atom. The summed E-state index contributed by atoms with van der Waals surface area (Å²) in [6, 6.07) is 8.74. The summed E-state index contributed by atoms with van der Waals surface area (Å²) < 4.78 is 0. The van der Waals surface area contributed by atoms with Crippen molar-refractivity contribution in [2.24, 2.45) is 0 Å². The normalized spacial score (nSPS) is 11.3. The van der Waals surface area contributed by atoms with Crippen LogP contribution >= 0.6 is 11.8 Å². The molecule has 0 spiro atoms. The molecule has 1 aromatic rings. The molecule has 0 aliphatic carbocycles. The van der Waals surface area contributed by atoms with Gasteiger partial charge in [0.1, 0.15) is 6.04 Å². The molecule has 2 N–H and O–H groups in total. The molecule has 0 saturated heterocycles. The van der Waals surface area contributed by atoms with Crippen LogP contribution in [0.25, 0.3) is 0 Å². The van der Waals surface area contributed by atoms with Crippen LogP contribution in [0.2, 0.25) is 0 Å². The van der Waals surface area contributed by atoms with E-state index in [0.717, 1.165) is 5.56 Å². The van der Waals surface area contributed by atoms with Crippen LogP contribution in [0.4, 0.5) is 0 Å². The summed E-state index contributed by atoms with van der Waals surface area (Å²) in [5.41, 5.74) is 1.12. The maximum Gasteiger partial charge on any atom is 0.327 e. The van der Waals surface area contributed by atoms with E-state index in [1.165, 1.54) is 11.8 Å². The predicted octanol–water partition coefficient (Wildman–Crippen LogP) is 1.51. The van der Waals surface area contributed by atoms with Gasteiger partial charge in [-0.1, -0.05) is 30.3 Å². The lowest BCUT2D eigenvalue weighted by Crippen LogP contribution is -2.41. The van der Waals surface area contributed by atoms with Gasteiger partial charge in [0.25, 0.3) is 0 Å². The molecule has 0 bridgehead atoms. The molecule has 0 aromatic heterocycles. The molecule has 5 heteroatoms. The molecule has 0 aliphatic rings. The average molecular weight is 277 g/mol. The van der Waals surface area contributed by atoms with Gasteiger partial charge in [0.2, 0.25) is 5.91 Å². The molecule has 0 fully saturated rings. The summed E-state index contributed by atoms with van der Waals surface area (Å²) in [6.45, 7) is 0. The van der Waals surface area contributed by atoms with Crippen molar-refractivity contribution in [1.29, 1.82) is 0 Å². The molecule has 1 amide bonds. The van der Waals surface area contributed by atoms with Gasteiger partial charge < -0.3 is 10.4 Å². The van der Waals surface area contributed by atoms with Crippen LogP contribution in [0.5, 0.6) is 0 Å². The Morgan fingerprint density at radius 1 is 1.37 bits per heavy atom. The van der Waals surface area contributed by atoms with Crippen molar-refractivity contribution < 1.29 is 14.7 Å². The number of carboxylic acids is 1. The smallest absolute Gasteiger partial charge is 0.327 e. The second kappa shape index (κ2) is 8.22. The van der Waals surface area contributed by atoms with Crippen molar-refractivity contribution in [3.05, 3.63) is 35.9 Å². The zero-order valence-corrected chi connectivity index (χ0v) is 11.2. The molecule has 4 nitrogen and oxygen atoms in total. The van der Waals surface area contributed by atoms with Gasteiger partial charge >= 0.3 is 5.97 Å². The minimum Gasteiger partial charge on any atom is -0.480 e. The van der Waals surface area contributed by atoms with Crippen molar-refractivity contribution in [2.75, 3.05) is 5.75 Å². The summed E-state index contributed by atoms with van der Waals surface area (Å²) in [5.74, 6) is 1.73. The first kappa shape index (κ1) is 15.1. The third-order valence-electron chi connectivity index (χ3n) is 2.30. The Balaban J connectivity index is 2.31. The molecule has 0 radical (unpaired) electrons.